The van der Waals surface area contributed by atoms with E-state index in [9.17, 15) is 14.5 Å². The van der Waals surface area contributed by atoms with Crippen molar-refractivity contribution < 1.29 is 9.31 Å². The first kappa shape index (κ1) is 12.0. The Morgan fingerprint density at radius 2 is 2.35 bits per heavy atom. The van der Waals surface area contributed by atoms with E-state index < -0.39 is 16.4 Å². The molecule has 5 heteroatoms. The zero-order valence-electron chi connectivity index (χ0n) is 9.49. The van der Waals surface area contributed by atoms with Crippen molar-refractivity contribution >= 4 is 5.69 Å². The van der Waals surface area contributed by atoms with Crippen LogP contribution >= 0.6 is 0 Å². The minimum absolute atomic E-state index is 0.375. The highest BCUT2D eigenvalue weighted by Crippen LogP contribution is 2.24. The Bertz CT molecular complexity index is 417. The van der Waals surface area contributed by atoms with Crippen LogP contribution in [0.2, 0.25) is 0 Å². The Morgan fingerprint density at radius 3 is 3.00 bits per heavy atom. The molecule has 4 nitrogen and oxygen atoms in total. The van der Waals surface area contributed by atoms with Gasteiger partial charge >= 0.3 is 5.69 Å². The lowest BCUT2D eigenvalue weighted by Gasteiger charge is -2.22. The van der Waals surface area contributed by atoms with E-state index >= 15 is 0 Å². The fourth-order valence-electron chi connectivity index (χ4n) is 2.27. The summed E-state index contributed by atoms with van der Waals surface area (Å²) in [5, 5.41) is 13.9. The predicted octanol–water partition coefficient (Wildman–Crippen LogP) is 2.28. The highest BCUT2D eigenvalue weighted by Gasteiger charge is 2.20. The van der Waals surface area contributed by atoms with Gasteiger partial charge in [-0.05, 0) is 43.8 Å². The zero-order valence-corrected chi connectivity index (χ0v) is 9.49. The van der Waals surface area contributed by atoms with Crippen LogP contribution in [-0.4, -0.2) is 18.0 Å². The predicted molar refractivity (Wildman–Crippen MR) is 62.4 cm³/mol. The Morgan fingerprint density at radius 1 is 1.53 bits per heavy atom. The minimum Gasteiger partial charge on any atom is -0.316 e. The Balaban J connectivity index is 2.15. The number of nitro benzene ring substituents is 1. The summed E-state index contributed by atoms with van der Waals surface area (Å²) in [5.74, 6) is -0.302. The molecule has 0 radical (unpaired) electrons. The third-order valence-electron chi connectivity index (χ3n) is 3.16. The quantitative estimate of drug-likeness (QED) is 0.649. The zero-order chi connectivity index (χ0) is 12.3. The van der Waals surface area contributed by atoms with Crippen molar-refractivity contribution in [2.45, 2.75) is 19.3 Å². The van der Waals surface area contributed by atoms with E-state index in [-0.39, 0.29) is 0 Å². The maximum Gasteiger partial charge on any atom is 0.305 e. The van der Waals surface area contributed by atoms with Gasteiger partial charge in [0.25, 0.3) is 0 Å². The lowest BCUT2D eigenvalue weighted by Crippen LogP contribution is -2.31. The molecule has 2 rings (SSSR count). The highest BCUT2D eigenvalue weighted by atomic mass is 19.1. The first-order valence-electron chi connectivity index (χ1n) is 5.81. The second-order valence-electron chi connectivity index (χ2n) is 4.42. The maximum atomic E-state index is 13.8. The van der Waals surface area contributed by atoms with Gasteiger partial charge in [0.2, 0.25) is 5.82 Å². The molecule has 1 saturated heterocycles. The van der Waals surface area contributed by atoms with E-state index in [0.717, 1.165) is 25.9 Å². The van der Waals surface area contributed by atoms with Crippen LogP contribution in [-0.2, 0) is 6.42 Å². The third kappa shape index (κ3) is 2.79. The molecule has 0 saturated carbocycles. The Labute approximate surface area is 99.0 Å². The van der Waals surface area contributed by atoms with Crippen LogP contribution in [0.3, 0.4) is 0 Å². The fourth-order valence-corrected chi connectivity index (χ4v) is 2.27. The topological polar surface area (TPSA) is 55.2 Å². The molecule has 1 aromatic rings. The van der Waals surface area contributed by atoms with Crippen molar-refractivity contribution in [3.63, 3.8) is 0 Å². The summed E-state index contributed by atoms with van der Waals surface area (Å²) in [6.45, 7) is 1.87. The molecule has 0 bridgehead atoms. The molecule has 1 fully saturated rings. The number of nitro groups is 1. The Hall–Kier alpha value is -1.49. The van der Waals surface area contributed by atoms with E-state index in [1.54, 1.807) is 12.1 Å². The van der Waals surface area contributed by atoms with E-state index in [1.165, 1.54) is 6.07 Å². The molecule has 1 heterocycles. The van der Waals surface area contributed by atoms with E-state index in [0.29, 0.717) is 17.9 Å². The van der Waals surface area contributed by atoms with Gasteiger partial charge in [-0.1, -0.05) is 12.1 Å². The number of hydrogen-bond acceptors (Lipinski definition) is 3. The smallest absolute Gasteiger partial charge is 0.305 e. The number of benzene rings is 1. The Kier molecular flexibility index (Phi) is 3.68. The van der Waals surface area contributed by atoms with Crippen LogP contribution in [0.1, 0.15) is 18.4 Å². The highest BCUT2D eigenvalue weighted by molar-refractivity contribution is 5.37. The fraction of sp³-hybridized carbons (Fsp3) is 0.500. The van der Waals surface area contributed by atoms with Gasteiger partial charge in [0.05, 0.1) is 4.92 Å². The summed E-state index contributed by atoms with van der Waals surface area (Å²) >= 11 is 0. The molecule has 0 aromatic heterocycles. The lowest BCUT2D eigenvalue weighted by atomic mass is 9.92. The van der Waals surface area contributed by atoms with Crippen LogP contribution < -0.4 is 5.32 Å². The van der Waals surface area contributed by atoms with Crippen molar-refractivity contribution in [1.82, 2.24) is 5.32 Å². The molecule has 1 atom stereocenters. The maximum absolute atomic E-state index is 13.8. The summed E-state index contributed by atoms with van der Waals surface area (Å²) in [6.07, 6.45) is 2.71. The molecular formula is C12H15FN2O2. The minimum atomic E-state index is -0.678. The normalized spacial score (nSPS) is 20.2. The van der Waals surface area contributed by atoms with E-state index in [4.69, 9.17) is 0 Å². The van der Waals surface area contributed by atoms with Crippen LogP contribution in [0, 0.1) is 21.8 Å². The van der Waals surface area contributed by atoms with Crippen LogP contribution in [0.5, 0.6) is 0 Å². The molecule has 0 amide bonds. The van der Waals surface area contributed by atoms with Crippen LogP contribution in [0.25, 0.3) is 0 Å². The van der Waals surface area contributed by atoms with Gasteiger partial charge in [-0.25, -0.2) is 0 Å². The average molecular weight is 238 g/mol. The number of nitrogens with one attached hydrogen (secondary N) is 1. The monoisotopic (exact) mass is 238 g/mol. The molecule has 0 spiro atoms. The van der Waals surface area contributed by atoms with Gasteiger partial charge in [0.1, 0.15) is 0 Å². The summed E-state index contributed by atoms with van der Waals surface area (Å²) in [6, 6.07) is 4.39. The van der Waals surface area contributed by atoms with Gasteiger partial charge in [-0.15, -0.1) is 0 Å². The standard InChI is InChI=1S/C12H15FN2O2/c13-12-10(4-1-5-11(12)15(16)17)7-9-3-2-6-14-8-9/h1,4-5,9,14H,2-3,6-8H2. The summed E-state index contributed by atoms with van der Waals surface area (Å²) in [5.41, 5.74) is 0.0270. The number of nitrogens with zero attached hydrogens (tertiary/aromatic N) is 1. The van der Waals surface area contributed by atoms with Crippen LogP contribution in [0.15, 0.2) is 18.2 Å². The molecule has 1 aliphatic rings. The number of piperidine rings is 1. The van der Waals surface area contributed by atoms with Crippen molar-refractivity contribution in [2.75, 3.05) is 13.1 Å². The largest absolute Gasteiger partial charge is 0.316 e. The second-order valence-corrected chi connectivity index (χ2v) is 4.42. The molecule has 1 N–H and O–H groups in total. The van der Waals surface area contributed by atoms with E-state index in [1.807, 2.05) is 0 Å². The van der Waals surface area contributed by atoms with Gasteiger partial charge in [-0.3, -0.25) is 10.1 Å². The van der Waals surface area contributed by atoms with Gasteiger partial charge in [-0.2, -0.15) is 4.39 Å². The third-order valence-corrected chi connectivity index (χ3v) is 3.16. The van der Waals surface area contributed by atoms with Crippen molar-refractivity contribution in [3.05, 3.63) is 39.7 Å². The summed E-state index contributed by atoms with van der Waals surface area (Å²) in [4.78, 5) is 9.95. The first-order valence-corrected chi connectivity index (χ1v) is 5.81. The molecule has 1 unspecified atom stereocenters. The molecule has 1 aliphatic heterocycles. The summed E-state index contributed by atoms with van der Waals surface area (Å²) in [7, 11) is 0. The van der Waals surface area contributed by atoms with Gasteiger partial charge in [0.15, 0.2) is 0 Å². The molecule has 92 valence electrons. The molecule has 1 aromatic carbocycles. The molecule has 17 heavy (non-hydrogen) atoms. The van der Waals surface area contributed by atoms with Crippen molar-refractivity contribution in [3.8, 4) is 0 Å². The first-order chi connectivity index (χ1) is 8.18. The van der Waals surface area contributed by atoms with Gasteiger partial charge in [0, 0.05) is 6.07 Å². The SMILES string of the molecule is O=[N+]([O-])c1cccc(CC2CCCNC2)c1F. The molecule has 0 aliphatic carbocycles. The number of hydrogen-bond donors (Lipinski definition) is 1. The summed E-state index contributed by atoms with van der Waals surface area (Å²) < 4.78 is 13.8. The van der Waals surface area contributed by atoms with Gasteiger partial charge < -0.3 is 5.32 Å². The number of rotatable bonds is 3. The van der Waals surface area contributed by atoms with E-state index in [2.05, 4.69) is 5.32 Å². The van der Waals surface area contributed by atoms with Crippen molar-refractivity contribution in [2.24, 2.45) is 5.92 Å². The van der Waals surface area contributed by atoms with Crippen LogP contribution in [0.4, 0.5) is 10.1 Å². The molecular weight excluding hydrogens is 223 g/mol. The van der Waals surface area contributed by atoms with Crippen molar-refractivity contribution in [1.29, 1.82) is 0 Å². The lowest BCUT2D eigenvalue weighted by molar-refractivity contribution is -0.387. The average Bonchev–Trinajstić information content (AvgIpc) is 2.33. The second kappa shape index (κ2) is 5.23. The number of halogens is 1.